The van der Waals surface area contributed by atoms with E-state index in [4.69, 9.17) is 10.4 Å². The molecule has 0 bridgehead atoms. The minimum absolute atomic E-state index is 0.299. The highest BCUT2D eigenvalue weighted by molar-refractivity contribution is 8.00. The molecule has 1 rings (SSSR count). The second kappa shape index (κ2) is 4.63. The maximum absolute atomic E-state index is 10.6. The van der Waals surface area contributed by atoms with E-state index in [1.54, 1.807) is 19.1 Å². The summed E-state index contributed by atoms with van der Waals surface area (Å²) in [5.74, 6) is -0.870. The van der Waals surface area contributed by atoms with E-state index in [1.807, 2.05) is 6.07 Å². The van der Waals surface area contributed by atoms with E-state index in [0.717, 1.165) is 4.90 Å². The third-order valence-electron chi connectivity index (χ3n) is 1.51. The van der Waals surface area contributed by atoms with Gasteiger partial charge >= 0.3 is 5.97 Å². The van der Waals surface area contributed by atoms with Gasteiger partial charge in [0, 0.05) is 11.1 Å². The lowest BCUT2D eigenvalue weighted by molar-refractivity contribution is -0.136. The van der Waals surface area contributed by atoms with Gasteiger partial charge in [0.15, 0.2) is 0 Å². The molecule has 0 saturated carbocycles. The molecular formula is C9H8N2O2S. The molecule has 0 aliphatic rings. The normalized spacial score (nSPS) is 11.7. The number of rotatable bonds is 3. The molecule has 1 heterocycles. The summed E-state index contributed by atoms with van der Waals surface area (Å²) >= 11 is 1.19. The zero-order chi connectivity index (χ0) is 10.6. The Bertz CT molecular complexity index is 387. The number of carbonyl (C=O) groups is 1. The first-order valence-corrected chi connectivity index (χ1v) is 4.77. The summed E-state index contributed by atoms with van der Waals surface area (Å²) in [7, 11) is 0. The average Bonchev–Trinajstić information content (AvgIpc) is 2.18. The monoisotopic (exact) mass is 208 g/mol. The van der Waals surface area contributed by atoms with E-state index in [9.17, 15) is 4.79 Å². The molecule has 0 fully saturated rings. The second-order valence-electron chi connectivity index (χ2n) is 2.59. The van der Waals surface area contributed by atoms with Crippen LogP contribution in [-0.4, -0.2) is 21.3 Å². The number of hydrogen-bond acceptors (Lipinski definition) is 4. The van der Waals surface area contributed by atoms with Crippen LogP contribution in [0.2, 0.25) is 0 Å². The Morgan fingerprint density at radius 1 is 1.79 bits per heavy atom. The van der Waals surface area contributed by atoms with Gasteiger partial charge in [-0.2, -0.15) is 5.26 Å². The highest BCUT2D eigenvalue weighted by atomic mass is 32.2. The Labute approximate surface area is 85.6 Å². The van der Waals surface area contributed by atoms with E-state index >= 15 is 0 Å². The number of carboxylic acid groups (broad SMARTS) is 1. The standard InChI is InChI=1S/C9H8N2O2S/c1-6(9(12)13)14-8-2-3-11-7(4-8)5-10/h2-4,6H,1H3,(H,12,13). The molecule has 1 unspecified atom stereocenters. The van der Waals surface area contributed by atoms with Crippen molar-refractivity contribution in [3.8, 4) is 6.07 Å². The number of nitrogens with zero attached hydrogens (tertiary/aromatic N) is 2. The topological polar surface area (TPSA) is 74.0 Å². The molecule has 0 spiro atoms. The number of thioether (sulfide) groups is 1. The number of carboxylic acids is 1. The van der Waals surface area contributed by atoms with Crippen molar-refractivity contribution in [2.24, 2.45) is 0 Å². The number of aromatic nitrogens is 1. The number of hydrogen-bond donors (Lipinski definition) is 1. The highest BCUT2D eigenvalue weighted by Gasteiger charge is 2.12. The van der Waals surface area contributed by atoms with Gasteiger partial charge in [0.1, 0.15) is 17.0 Å². The van der Waals surface area contributed by atoms with Crippen LogP contribution in [0.5, 0.6) is 0 Å². The van der Waals surface area contributed by atoms with Crippen LogP contribution in [0.1, 0.15) is 12.6 Å². The third kappa shape index (κ3) is 2.75. The van der Waals surface area contributed by atoms with E-state index < -0.39 is 11.2 Å². The zero-order valence-corrected chi connectivity index (χ0v) is 8.28. The minimum atomic E-state index is -0.870. The van der Waals surface area contributed by atoms with Crippen LogP contribution in [0.25, 0.3) is 0 Å². The number of nitriles is 1. The highest BCUT2D eigenvalue weighted by Crippen LogP contribution is 2.22. The van der Waals surface area contributed by atoms with Crippen molar-refractivity contribution in [1.29, 1.82) is 5.26 Å². The van der Waals surface area contributed by atoms with Gasteiger partial charge in [0.2, 0.25) is 0 Å². The number of pyridine rings is 1. The van der Waals surface area contributed by atoms with Gasteiger partial charge in [0.05, 0.1) is 0 Å². The van der Waals surface area contributed by atoms with Gasteiger partial charge < -0.3 is 5.11 Å². The molecule has 1 atom stereocenters. The van der Waals surface area contributed by atoms with Crippen LogP contribution < -0.4 is 0 Å². The molecular weight excluding hydrogens is 200 g/mol. The summed E-state index contributed by atoms with van der Waals surface area (Å²) in [5, 5.41) is 16.7. The summed E-state index contributed by atoms with van der Waals surface area (Å²) < 4.78 is 0. The van der Waals surface area contributed by atoms with Gasteiger partial charge in [0.25, 0.3) is 0 Å². The Kier molecular flexibility index (Phi) is 3.48. The fourth-order valence-electron chi connectivity index (χ4n) is 0.800. The largest absolute Gasteiger partial charge is 0.480 e. The lowest BCUT2D eigenvalue weighted by atomic mass is 10.4. The molecule has 0 aliphatic heterocycles. The van der Waals surface area contributed by atoms with Crippen LogP contribution in [-0.2, 0) is 4.79 Å². The first-order chi connectivity index (χ1) is 6.63. The molecule has 4 nitrogen and oxygen atoms in total. The fraction of sp³-hybridized carbons (Fsp3) is 0.222. The molecule has 14 heavy (non-hydrogen) atoms. The van der Waals surface area contributed by atoms with Crippen molar-refractivity contribution in [2.45, 2.75) is 17.1 Å². The van der Waals surface area contributed by atoms with Gasteiger partial charge in [-0.25, -0.2) is 4.98 Å². The quantitative estimate of drug-likeness (QED) is 0.762. The Morgan fingerprint density at radius 3 is 3.07 bits per heavy atom. The maximum Gasteiger partial charge on any atom is 0.316 e. The Morgan fingerprint density at radius 2 is 2.50 bits per heavy atom. The summed E-state index contributed by atoms with van der Waals surface area (Å²) in [6.45, 7) is 1.60. The predicted molar refractivity (Wildman–Crippen MR) is 51.9 cm³/mol. The lowest BCUT2D eigenvalue weighted by Gasteiger charge is -2.04. The van der Waals surface area contributed by atoms with Crippen molar-refractivity contribution in [3.05, 3.63) is 24.0 Å². The van der Waals surface area contributed by atoms with Crippen LogP contribution in [0, 0.1) is 11.3 Å². The molecule has 1 N–H and O–H groups in total. The smallest absolute Gasteiger partial charge is 0.316 e. The van der Waals surface area contributed by atoms with Gasteiger partial charge in [-0.1, -0.05) is 0 Å². The first kappa shape index (κ1) is 10.5. The van der Waals surface area contributed by atoms with Crippen molar-refractivity contribution >= 4 is 17.7 Å². The second-order valence-corrected chi connectivity index (χ2v) is 4.00. The Hall–Kier alpha value is -1.54. The molecule has 0 aliphatic carbocycles. The first-order valence-electron chi connectivity index (χ1n) is 3.89. The van der Waals surface area contributed by atoms with Crippen LogP contribution in [0.4, 0.5) is 0 Å². The van der Waals surface area contributed by atoms with Gasteiger partial charge in [-0.3, -0.25) is 4.79 Å². The summed E-state index contributed by atoms with van der Waals surface area (Å²) in [6, 6.07) is 5.16. The molecule has 5 heteroatoms. The third-order valence-corrected chi connectivity index (χ3v) is 2.59. The van der Waals surface area contributed by atoms with E-state index in [0.29, 0.717) is 5.69 Å². The van der Waals surface area contributed by atoms with Crippen LogP contribution in [0.15, 0.2) is 23.2 Å². The molecule has 0 saturated heterocycles. The summed E-state index contributed by atoms with van der Waals surface area (Å²) in [5.41, 5.74) is 0.299. The molecule has 0 amide bonds. The lowest BCUT2D eigenvalue weighted by Crippen LogP contribution is -2.10. The molecule has 0 aromatic carbocycles. The van der Waals surface area contributed by atoms with E-state index in [1.165, 1.54) is 18.0 Å². The predicted octanol–water partition coefficient (Wildman–Crippen LogP) is 1.52. The molecule has 1 aromatic rings. The van der Waals surface area contributed by atoms with Crippen molar-refractivity contribution < 1.29 is 9.90 Å². The Balaban J connectivity index is 2.78. The van der Waals surface area contributed by atoms with Crippen LogP contribution >= 0.6 is 11.8 Å². The molecule has 1 aromatic heterocycles. The summed E-state index contributed by atoms with van der Waals surface area (Å²) in [4.78, 5) is 15.1. The molecule has 72 valence electrons. The van der Waals surface area contributed by atoms with Crippen molar-refractivity contribution in [1.82, 2.24) is 4.98 Å². The SMILES string of the molecule is CC(Sc1ccnc(C#N)c1)C(=O)O. The van der Waals surface area contributed by atoms with Crippen LogP contribution in [0.3, 0.4) is 0 Å². The van der Waals surface area contributed by atoms with Crippen molar-refractivity contribution in [2.75, 3.05) is 0 Å². The fourth-order valence-corrected chi connectivity index (χ4v) is 1.63. The van der Waals surface area contributed by atoms with E-state index in [2.05, 4.69) is 4.98 Å². The van der Waals surface area contributed by atoms with Gasteiger partial charge in [-0.15, -0.1) is 11.8 Å². The maximum atomic E-state index is 10.6. The van der Waals surface area contributed by atoms with E-state index in [-0.39, 0.29) is 0 Å². The number of aliphatic carboxylic acids is 1. The average molecular weight is 208 g/mol. The zero-order valence-electron chi connectivity index (χ0n) is 7.47. The summed E-state index contributed by atoms with van der Waals surface area (Å²) in [6.07, 6.45) is 1.50. The minimum Gasteiger partial charge on any atom is -0.480 e. The van der Waals surface area contributed by atoms with Crippen molar-refractivity contribution in [3.63, 3.8) is 0 Å². The van der Waals surface area contributed by atoms with Gasteiger partial charge in [-0.05, 0) is 19.1 Å². The molecule has 0 radical (unpaired) electrons.